The lowest BCUT2D eigenvalue weighted by molar-refractivity contribution is 0.0335. The van der Waals surface area contributed by atoms with Crippen molar-refractivity contribution in [3.63, 3.8) is 0 Å². The van der Waals surface area contributed by atoms with E-state index in [1.165, 1.54) is 32.1 Å². The lowest BCUT2D eigenvalue weighted by Gasteiger charge is -2.08. The van der Waals surface area contributed by atoms with Crippen LogP contribution in [0.25, 0.3) is 0 Å². The minimum Gasteiger partial charge on any atom is -0.391 e. The first-order chi connectivity index (χ1) is 6.81. The van der Waals surface area contributed by atoms with Gasteiger partial charge in [0.2, 0.25) is 0 Å². The highest BCUT2D eigenvalue weighted by Gasteiger charge is 1.99. The maximum absolute atomic E-state index is 9.21. The Labute approximate surface area is 88.7 Å². The van der Waals surface area contributed by atoms with Crippen LogP contribution < -0.4 is 0 Å². The van der Waals surface area contributed by atoms with Gasteiger partial charge in [-0.3, -0.25) is 0 Å². The average molecular weight is 202 g/mol. The molecule has 0 aromatic carbocycles. The molecule has 0 aliphatic heterocycles. The molecule has 2 nitrogen and oxygen atoms in total. The van der Waals surface area contributed by atoms with Gasteiger partial charge in [-0.1, -0.05) is 46.0 Å². The summed E-state index contributed by atoms with van der Waals surface area (Å²) in [5.41, 5.74) is 0. The van der Waals surface area contributed by atoms with E-state index in [0.29, 0.717) is 6.61 Å². The minimum atomic E-state index is -0.268. The molecule has 1 N–H and O–H groups in total. The second-order valence-corrected chi connectivity index (χ2v) is 3.90. The Kier molecular flexibility index (Phi) is 10.9. The van der Waals surface area contributed by atoms with Gasteiger partial charge in [0.25, 0.3) is 0 Å². The quantitative estimate of drug-likeness (QED) is 0.551. The Hall–Kier alpha value is -0.0800. The first-order valence-corrected chi connectivity index (χ1v) is 6.07. The van der Waals surface area contributed by atoms with E-state index in [9.17, 15) is 5.11 Å². The summed E-state index contributed by atoms with van der Waals surface area (Å²) in [4.78, 5) is 0. The highest BCUT2D eigenvalue weighted by atomic mass is 16.5. The number of rotatable bonds is 10. The third kappa shape index (κ3) is 10.0. The van der Waals surface area contributed by atoms with E-state index in [1.807, 2.05) is 6.92 Å². The molecule has 0 aliphatic carbocycles. The Morgan fingerprint density at radius 2 is 1.64 bits per heavy atom. The van der Waals surface area contributed by atoms with Crippen LogP contribution in [0, 0.1) is 0 Å². The van der Waals surface area contributed by atoms with Gasteiger partial charge in [0.05, 0.1) is 12.7 Å². The molecule has 1 atom stereocenters. The Morgan fingerprint density at radius 3 is 2.29 bits per heavy atom. The fourth-order valence-corrected chi connectivity index (χ4v) is 1.32. The fourth-order valence-electron chi connectivity index (χ4n) is 1.32. The molecule has 0 amide bonds. The summed E-state index contributed by atoms with van der Waals surface area (Å²) in [7, 11) is 0. The van der Waals surface area contributed by atoms with Crippen molar-refractivity contribution in [2.45, 2.75) is 64.9 Å². The van der Waals surface area contributed by atoms with Crippen LogP contribution in [0.5, 0.6) is 0 Å². The molecule has 0 bridgehead atoms. The second-order valence-electron chi connectivity index (χ2n) is 3.90. The van der Waals surface area contributed by atoms with Gasteiger partial charge in [-0.25, -0.2) is 0 Å². The predicted molar refractivity (Wildman–Crippen MR) is 60.5 cm³/mol. The molecule has 1 unspecified atom stereocenters. The molecular weight excluding hydrogens is 176 g/mol. The maximum atomic E-state index is 9.21. The second kappa shape index (κ2) is 11.0. The van der Waals surface area contributed by atoms with E-state index in [4.69, 9.17) is 4.74 Å². The van der Waals surface area contributed by atoms with Crippen molar-refractivity contribution in [2.24, 2.45) is 0 Å². The summed E-state index contributed by atoms with van der Waals surface area (Å²) < 4.78 is 5.34. The molecule has 0 aromatic heterocycles. The smallest absolute Gasteiger partial charge is 0.0771 e. The van der Waals surface area contributed by atoms with E-state index in [-0.39, 0.29) is 6.10 Å². The fraction of sp³-hybridized carbons (Fsp3) is 1.00. The van der Waals surface area contributed by atoms with Crippen LogP contribution in [0.3, 0.4) is 0 Å². The lowest BCUT2D eigenvalue weighted by atomic mass is 10.1. The Morgan fingerprint density at radius 1 is 1.00 bits per heavy atom. The maximum Gasteiger partial charge on any atom is 0.0771 e. The highest BCUT2D eigenvalue weighted by Crippen LogP contribution is 2.05. The summed E-state index contributed by atoms with van der Waals surface area (Å²) in [6.07, 6.45) is 8.27. The van der Waals surface area contributed by atoms with E-state index in [0.717, 1.165) is 19.4 Å². The van der Waals surface area contributed by atoms with Crippen molar-refractivity contribution in [3.8, 4) is 0 Å². The average Bonchev–Trinajstić information content (AvgIpc) is 2.21. The van der Waals surface area contributed by atoms with Crippen LogP contribution in [0.4, 0.5) is 0 Å². The molecule has 0 aromatic rings. The molecule has 14 heavy (non-hydrogen) atoms. The number of ether oxygens (including phenoxy) is 1. The standard InChI is InChI=1S/C12H26O2/c1-3-5-6-7-8-9-10-14-11-12(13)4-2/h12-13H,3-11H2,1-2H3. The molecule has 0 aliphatic rings. The van der Waals surface area contributed by atoms with E-state index < -0.39 is 0 Å². The monoisotopic (exact) mass is 202 g/mol. The molecule has 0 fully saturated rings. The number of aliphatic hydroxyl groups is 1. The summed E-state index contributed by atoms with van der Waals surface area (Å²) in [5.74, 6) is 0. The van der Waals surface area contributed by atoms with Gasteiger partial charge >= 0.3 is 0 Å². The summed E-state index contributed by atoms with van der Waals surface area (Å²) in [6.45, 7) is 5.52. The normalized spacial score (nSPS) is 13.1. The SMILES string of the molecule is CCCCCCCCOCC(O)CC. The van der Waals surface area contributed by atoms with Gasteiger partial charge in [0, 0.05) is 6.61 Å². The molecule has 0 spiro atoms. The Balaban J connectivity index is 2.92. The number of hydrogen-bond donors (Lipinski definition) is 1. The molecule has 0 rings (SSSR count). The van der Waals surface area contributed by atoms with E-state index in [2.05, 4.69) is 6.92 Å². The van der Waals surface area contributed by atoms with Gasteiger partial charge < -0.3 is 9.84 Å². The number of unbranched alkanes of at least 4 members (excludes halogenated alkanes) is 5. The van der Waals surface area contributed by atoms with Crippen molar-refractivity contribution in [1.29, 1.82) is 0 Å². The van der Waals surface area contributed by atoms with Crippen LogP contribution in [0.2, 0.25) is 0 Å². The molecular formula is C12H26O2. The van der Waals surface area contributed by atoms with Gasteiger partial charge in [-0.2, -0.15) is 0 Å². The van der Waals surface area contributed by atoms with E-state index >= 15 is 0 Å². The zero-order valence-corrected chi connectivity index (χ0v) is 9.80. The summed E-state index contributed by atoms with van der Waals surface area (Å²) in [6, 6.07) is 0. The molecule has 0 radical (unpaired) electrons. The van der Waals surface area contributed by atoms with Gasteiger partial charge in [0.15, 0.2) is 0 Å². The highest BCUT2D eigenvalue weighted by molar-refractivity contribution is 4.49. The predicted octanol–water partition coefficient (Wildman–Crippen LogP) is 3.13. The van der Waals surface area contributed by atoms with Crippen LogP contribution in [-0.2, 0) is 4.74 Å². The van der Waals surface area contributed by atoms with Gasteiger partial charge in [-0.15, -0.1) is 0 Å². The lowest BCUT2D eigenvalue weighted by Crippen LogP contribution is -2.14. The first kappa shape index (κ1) is 13.9. The van der Waals surface area contributed by atoms with Gasteiger partial charge in [0.1, 0.15) is 0 Å². The van der Waals surface area contributed by atoms with Crippen molar-refractivity contribution in [2.75, 3.05) is 13.2 Å². The zero-order chi connectivity index (χ0) is 10.6. The van der Waals surface area contributed by atoms with Crippen LogP contribution in [0.15, 0.2) is 0 Å². The molecule has 0 heterocycles. The molecule has 0 saturated carbocycles. The number of aliphatic hydroxyl groups excluding tert-OH is 1. The molecule has 2 heteroatoms. The van der Waals surface area contributed by atoms with Crippen molar-refractivity contribution in [3.05, 3.63) is 0 Å². The van der Waals surface area contributed by atoms with Gasteiger partial charge in [-0.05, 0) is 12.8 Å². The third-order valence-electron chi connectivity index (χ3n) is 2.42. The van der Waals surface area contributed by atoms with Crippen molar-refractivity contribution < 1.29 is 9.84 Å². The number of hydrogen-bond acceptors (Lipinski definition) is 2. The van der Waals surface area contributed by atoms with E-state index in [1.54, 1.807) is 0 Å². The van der Waals surface area contributed by atoms with Crippen LogP contribution in [0.1, 0.15) is 58.8 Å². The molecule has 0 saturated heterocycles. The summed E-state index contributed by atoms with van der Waals surface area (Å²) in [5, 5.41) is 9.21. The zero-order valence-electron chi connectivity index (χ0n) is 9.80. The largest absolute Gasteiger partial charge is 0.391 e. The molecule has 86 valence electrons. The first-order valence-electron chi connectivity index (χ1n) is 6.07. The third-order valence-corrected chi connectivity index (χ3v) is 2.42. The Bertz CT molecular complexity index is 104. The van der Waals surface area contributed by atoms with Crippen LogP contribution >= 0.6 is 0 Å². The van der Waals surface area contributed by atoms with Crippen molar-refractivity contribution >= 4 is 0 Å². The summed E-state index contributed by atoms with van der Waals surface area (Å²) >= 11 is 0. The minimum absolute atomic E-state index is 0.268. The van der Waals surface area contributed by atoms with Crippen molar-refractivity contribution in [1.82, 2.24) is 0 Å². The topological polar surface area (TPSA) is 29.5 Å². The van der Waals surface area contributed by atoms with Crippen LogP contribution in [-0.4, -0.2) is 24.4 Å².